The fourth-order valence-corrected chi connectivity index (χ4v) is 1.26. The van der Waals surface area contributed by atoms with Gasteiger partial charge in [0.1, 0.15) is 0 Å². The van der Waals surface area contributed by atoms with Crippen LogP contribution in [0.5, 0.6) is 0 Å². The molecule has 0 fully saturated rings. The molecule has 0 amide bonds. The molecule has 1 rings (SSSR count). The summed E-state index contributed by atoms with van der Waals surface area (Å²) in [5, 5.41) is 3.32. The minimum Gasteiger partial charge on any atom is -0.383 e. The lowest BCUT2D eigenvalue weighted by atomic mass is 10.1. The zero-order valence-corrected chi connectivity index (χ0v) is 9.26. The van der Waals surface area contributed by atoms with Crippen LogP contribution in [0.15, 0.2) is 18.2 Å². The summed E-state index contributed by atoms with van der Waals surface area (Å²) in [5.41, 5.74) is 3.83. The van der Waals surface area contributed by atoms with Gasteiger partial charge in [0, 0.05) is 18.8 Å². The van der Waals surface area contributed by atoms with Gasteiger partial charge < -0.3 is 10.1 Å². The minimum absolute atomic E-state index is 0.767. The zero-order valence-electron chi connectivity index (χ0n) is 9.26. The van der Waals surface area contributed by atoms with Gasteiger partial charge in [-0.05, 0) is 44.0 Å². The van der Waals surface area contributed by atoms with Crippen molar-refractivity contribution in [3.8, 4) is 0 Å². The fourth-order valence-electron chi connectivity index (χ4n) is 1.26. The maximum absolute atomic E-state index is 5.25. The maximum atomic E-state index is 5.25. The van der Waals surface area contributed by atoms with Crippen molar-refractivity contribution in [2.45, 2.75) is 20.8 Å². The molecule has 2 nitrogen and oxygen atoms in total. The summed E-state index contributed by atoms with van der Waals surface area (Å²) < 4.78 is 5.25. The van der Waals surface area contributed by atoms with Crippen molar-refractivity contribution in [2.24, 2.45) is 0 Å². The maximum Gasteiger partial charge on any atom is 0.0638 e. The second-order valence-electron chi connectivity index (χ2n) is 3.42. The highest BCUT2D eigenvalue weighted by Crippen LogP contribution is 2.13. The molecule has 2 heteroatoms. The molecule has 0 heterocycles. The van der Waals surface area contributed by atoms with Gasteiger partial charge in [0.05, 0.1) is 6.61 Å². The number of nitrogens with one attached hydrogen (secondary N) is 1. The number of ether oxygens (including phenoxy) is 1. The monoisotopic (exact) mass is 193 g/mol. The molecule has 1 aromatic carbocycles. The van der Waals surface area contributed by atoms with Crippen molar-refractivity contribution in [2.75, 3.05) is 25.1 Å². The first-order chi connectivity index (χ1) is 6.74. The van der Waals surface area contributed by atoms with Gasteiger partial charge in [-0.2, -0.15) is 0 Å². The van der Waals surface area contributed by atoms with Crippen molar-refractivity contribution in [3.05, 3.63) is 29.3 Å². The lowest BCUT2D eigenvalue weighted by molar-refractivity contribution is 0.158. The zero-order chi connectivity index (χ0) is 10.4. The topological polar surface area (TPSA) is 21.3 Å². The van der Waals surface area contributed by atoms with E-state index in [2.05, 4.69) is 37.4 Å². The molecule has 0 bridgehead atoms. The van der Waals surface area contributed by atoms with Gasteiger partial charge in [-0.25, -0.2) is 0 Å². The van der Waals surface area contributed by atoms with Gasteiger partial charge in [0.15, 0.2) is 0 Å². The van der Waals surface area contributed by atoms with Crippen molar-refractivity contribution in [1.29, 1.82) is 0 Å². The molecule has 0 spiro atoms. The van der Waals surface area contributed by atoms with E-state index in [1.807, 2.05) is 6.92 Å². The molecule has 0 atom stereocenters. The summed E-state index contributed by atoms with van der Waals surface area (Å²) in [6, 6.07) is 6.41. The Balaban J connectivity index is 2.39. The predicted molar refractivity (Wildman–Crippen MR) is 60.9 cm³/mol. The average Bonchev–Trinajstić information content (AvgIpc) is 2.18. The molecule has 0 saturated heterocycles. The molecule has 1 N–H and O–H groups in total. The Bertz CT molecular complexity index is 284. The average molecular weight is 193 g/mol. The summed E-state index contributed by atoms with van der Waals surface area (Å²) >= 11 is 0. The minimum atomic E-state index is 0.767. The van der Waals surface area contributed by atoms with Crippen LogP contribution in [0.1, 0.15) is 18.1 Å². The lowest BCUT2D eigenvalue weighted by Gasteiger charge is -2.08. The summed E-state index contributed by atoms with van der Waals surface area (Å²) in [6.45, 7) is 8.69. The molecule has 0 aliphatic carbocycles. The first kappa shape index (κ1) is 11.1. The Hall–Kier alpha value is -1.02. The van der Waals surface area contributed by atoms with E-state index in [1.54, 1.807) is 0 Å². The van der Waals surface area contributed by atoms with Gasteiger partial charge in [0.2, 0.25) is 0 Å². The van der Waals surface area contributed by atoms with Crippen LogP contribution in [-0.4, -0.2) is 19.8 Å². The molecule has 1 aromatic rings. The Kier molecular flexibility index (Phi) is 4.47. The number of benzene rings is 1. The molecular weight excluding hydrogens is 174 g/mol. The van der Waals surface area contributed by atoms with E-state index in [4.69, 9.17) is 4.74 Å². The third-order valence-corrected chi connectivity index (χ3v) is 2.29. The predicted octanol–water partition coefficient (Wildman–Crippen LogP) is 2.75. The molecule has 0 aliphatic rings. The Morgan fingerprint density at radius 3 is 2.64 bits per heavy atom. The van der Waals surface area contributed by atoms with Crippen molar-refractivity contribution >= 4 is 5.69 Å². The third kappa shape index (κ3) is 3.38. The van der Waals surface area contributed by atoms with E-state index >= 15 is 0 Å². The van der Waals surface area contributed by atoms with E-state index in [0.717, 1.165) is 19.8 Å². The Morgan fingerprint density at radius 2 is 2.00 bits per heavy atom. The highest BCUT2D eigenvalue weighted by Gasteiger charge is 1.94. The standard InChI is InChI=1S/C12H19NO/c1-4-14-8-7-13-12-6-5-10(2)11(3)9-12/h5-6,9,13H,4,7-8H2,1-3H3. The summed E-state index contributed by atoms with van der Waals surface area (Å²) in [7, 11) is 0. The normalized spacial score (nSPS) is 10.2. The highest BCUT2D eigenvalue weighted by atomic mass is 16.5. The van der Waals surface area contributed by atoms with Crippen LogP contribution in [0.25, 0.3) is 0 Å². The number of anilines is 1. The van der Waals surface area contributed by atoms with E-state index < -0.39 is 0 Å². The van der Waals surface area contributed by atoms with Crippen LogP contribution < -0.4 is 5.32 Å². The molecular formula is C12H19NO. The highest BCUT2D eigenvalue weighted by molar-refractivity contribution is 5.47. The van der Waals surface area contributed by atoms with E-state index in [0.29, 0.717) is 0 Å². The van der Waals surface area contributed by atoms with E-state index in [9.17, 15) is 0 Å². The van der Waals surface area contributed by atoms with Crippen molar-refractivity contribution < 1.29 is 4.74 Å². The Morgan fingerprint density at radius 1 is 1.21 bits per heavy atom. The second-order valence-corrected chi connectivity index (χ2v) is 3.42. The lowest BCUT2D eigenvalue weighted by Crippen LogP contribution is -2.09. The smallest absolute Gasteiger partial charge is 0.0638 e. The number of hydrogen-bond donors (Lipinski definition) is 1. The van der Waals surface area contributed by atoms with Crippen LogP contribution in [0.2, 0.25) is 0 Å². The van der Waals surface area contributed by atoms with Gasteiger partial charge in [-0.3, -0.25) is 0 Å². The quantitative estimate of drug-likeness (QED) is 0.726. The summed E-state index contributed by atoms with van der Waals surface area (Å²) in [6.07, 6.45) is 0. The third-order valence-electron chi connectivity index (χ3n) is 2.29. The van der Waals surface area contributed by atoms with Crippen molar-refractivity contribution in [1.82, 2.24) is 0 Å². The summed E-state index contributed by atoms with van der Waals surface area (Å²) in [5.74, 6) is 0. The molecule has 0 aliphatic heterocycles. The Labute approximate surface area is 86.3 Å². The largest absolute Gasteiger partial charge is 0.383 e. The van der Waals surface area contributed by atoms with Crippen LogP contribution >= 0.6 is 0 Å². The van der Waals surface area contributed by atoms with Crippen LogP contribution in [0.4, 0.5) is 5.69 Å². The van der Waals surface area contributed by atoms with E-state index in [-0.39, 0.29) is 0 Å². The van der Waals surface area contributed by atoms with Crippen LogP contribution in [0, 0.1) is 13.8 Å². The van der Waals surface area contributed by atoms with Gasteiger partial charge in [-0.1, -0.05) is 6.07 Å². The van der Waals surface area contributed by atoms with Crippen LogP contribution in [-0.2, 0) is 4.74 Å². The molecule has 0 unspecified atom stereocenters. The molecule has 0 saturated carbocycles. The summed E-state index contributed by atoms with van der Waals surface area (Å²) in [4.78, 5) is 0. The van der Waals surface area contributed by atoms with Crippen molar-refractivity contribution in [3.63, 3.8) is 0 Å². The molecule has 78 valence electrons. The van der Waals surface area contributed by atoms with Gasteiger partial charge in [-0.15, -0.1) is 0 Å². The van der Waals surface area contributed by atoms with Crippen LogP contribution in [0.3, 0.4) is 0 Å². The first-order valence-corrected chi connectivity index (χ1v) is 5.13. The first-order valence-electron chi connectivity index (χ1n) is 5.13. The molecule has 14 heavy (non-hydrogen) atoms. The van der Waals surface area contributed by atoms with Gasteiger partial charge in [0.25, 0.3) is 0 Å². The fraction of sp³-hybridized carbons (Fsp3) is 0.500. The van der Waals surface area contributed by atoms with Gasteiger partial charge >= 0.3 is 0 Å². The number of rotatable bonds is 5. The SMILES string of the molecule is CCOCCNc1ccc(C)c(C)c1. The van der Waals surface area contributed by atoms with E-state index in [1.165, 1.54) is 16.8 Å². The number of hydrogen-bond acceptors (Lipinski definition) is 2. The second kappa shape index (κ2) is 5.66. The molecule has 0 aromatic heterocycles. The number of aryl methyl sites for hydroxylation is 2. The molecule has 0 radical (unpaired) electrons.